The number of rotatable bonds is 4. The van der Waals surface area contributed by atoms with Crippen molar-refractivity contribution in [3.8, 4) is 5.88 Å². The van der Waals surface area contributed by atoms with E-state index in [9.17, 15) is 9.18 Å². The molecule has 0 bridgehead atoms. The zero-order chi connectivity index (χ0) is 15.4. The molecule has 2 aromatic rings. The fourth-order valence-electron chi connectivity index (χ4n) is 1.57. The lowest BCUT2D eigenvalue weighted by Crippen LogP contribution is -2.16. The number of ether oxygens (including phenoxy) is 1. The lowest BCUT2D eigenvalue weighted by molar-refractivity contribution is 0.102. The Bertz CT molecular complexity index is 664. The van der Waals surface area contributed by atoms with Crippen molar-refractivity contribution < 1.29 is 13.9 Å². The number of aromatic nitrogens is 2. The van der Waals surface area contributed by atoms with Crippen LogP contribution in [0.5, 0.6) is 5.88 Å². The highest BCUT2D eigenvalue weighted by atomic mass is 35.5. The molecular weight excluding hydrogens is 297 g/mol. The van der Waals surface area contributed by atoms with Crippen molar-refractivity contribution in [1.82, 2.24) is 9.97 Å². The zero-order valence-electron chi connectivity index (χ0n) is 11.4. The normalized spacial score (nSPS) is 10.5. The molecule has 1 N–H and O–H groups in total. The van der Waals surface area contributed by atoms with Gasteiger partial charge in [0.1, 0.15) is 16.7 Å². The summed E-state index contributed by atoms with van der Waals surface area (Å²) in [5.41, 5.74) is 0.313. The number of halogens is 2. The summed E-state index contributed by atoms with van der Waals surface area (Å²) in [6.45, 7) is 3.68. The van der Waals surface area contributed by atoms with Crippen LogP contribution in [0.3, 0.4) is 0 Å². The van der Waals surface area contributed by atoms with E-state index in [4.69, 9.17) is 16.3 Å². The van der Waals surface area contributed by atoms with E-state index in [1.165, 1.54) is 0 Å². The van der Waals surface area contributed by atoms with Crippen LogP contribution >= 0.6 is 11.6 Å². The molecular formula is C14H13ClFN3O2. The van der Waals surface area contributed by atoms with Crippen LogP contribution in [0.4, 0.5) is 10.1 Å². The first kappa shape index (κ1) is 15.2. The Balaban J connectivity index is 2.25. The maximum atomic E-state index is 13.2. The number of carbonyl (C=O) groups is 1. The van der Waals surface area contributed by atoms with E-state index < -0.39 is 11.7 Å². The first-order valence-corrected chi connectivity index (χ1v) is 6.59. The minimum Gasteiger partial charge on any atom is -0.473 e. The van der Waals surface area contributed by atoms with Gasteiger partial charge in [-0.3, -0.25) is 4.79 Å². The summed E-state index contributed by atoms with van der Waals surface area (Å²) in [5, 5.41) is 2.50. The first-order chi connectivity index (χ1) is 9.97. The Kier molecular flexibility index (Phi) is 4.70. The molecule has 2 heterocycles. The second-order valence-electron chi connectivity index (χ2n) is 4.47. The highest BCUT2D eigenvalue weighted by Gasteiger charge is 2.16. The van der Waals surface area contributed by atoms with Crippen LogP contribution in [0.2, 0.25) is 5.15 Å². The first-order valence-electron chi connectivity index (χ1n) is 6.21. The Labute approximate surface area is 126 Å². The van der Waals surface area contributed by atoms with E-state index in [1.54, 1.807) is 18.3 Å². The van der Waals surface area contributed by atoms with Crippen molar-refractivity contribution in [2.24, 2.45) is 0 Å². The highest BCUT2D eigenvalue weighted by molar-refractivity contribution is 6.33. The largest absolute Gasteiger partial charge is 0.473 e. The number of pyridine rings is 2. The molecule has 0 saturated heterocycles. The lowest BCUT2D eigenvalue weighted by Gasteiger charge is -2.13. The third-order valence-electron chi connectivity index (χ3n) is 2.42. The average molecular weight is 310 g/mol. The van der Waals surface area contributed by atoms with Gasteiger partial charge in [-0.25, -0.2) is 14.4 Å². The molecule has 0 unspecified atom stereocenters. The van der Waals surface area contributed by atoms with Crippen LogP contribution < -0.4 is 10.1 Å². The Morgan fingerprint density at radius 3 is 2.90 bits per heavy atom. The van der Waals surface area contributed by atoms with Gasteiger partial charge in [0.05, 0.1) is 17.9 Å². The average Bonchev–Trinajstić information content (AvgIpc) is 2.43. The molecule has 110 valence electrons. The second-order valence-corrected chi connectivity index (χ2v) is 4.83. The number of carbonyl (C=O) groups excluding carboxylic acids is 1. The summed E-state index contributed by atoms with van der Waals surface area (Å²) in [6.07, 6.45) is 2.38. The van der Waals surface area contributed by atoms with Gasteiger partial charge in [-0.1, -0.05) is 11.6 Å². The third kappa shape index (κ3) is 3.88. The van der Waals surface area contributed by atoms with Crippen LogP contribution in [0, 0.1) is 5.82 Å². The summed E-state index contributed by atoms with van der Waals surface area (Å²) in [6, 6.07) is 4.29. The number of nitrogens with one attached hydrogen (secondary N) is 1. The zero-order valence-corrected chi connectivity index (χ0v) is 12.2. The van der Waals surface area contributed by atoms with E-state index in [0.29, 0.717) is 5.69 Å². The Morgan fingerprint density at radius 2 is 2.19 bits per heavy atom. The molecule has 2 aromatic heterocycles. The van der Waals surface area contributed by atoms with Gasteiger partial charge < -0.3 is 10.1 Å². The lowest BCUT2D eigenvalue weighted by atomic mass is 10.2. The Hall–Kier alpha value is -2.21. The van der Waals surface area contributed by atoms with Crippen molar-refractivity contribution in [1.29, 1.82) is 0 Å². The van der Waals surface area contributed by atoms with Gasteiger partial charge in [-0.2, -0.15) is 0 Å². The van der Waals surface area contributed by atoms with Crippen molar-refractivity contribution in [2.45, 2.75) is 20.0 Å². The third-order valence-corrected chi connectivity index (χ3v) is 2.72. The predicted octanol–water partition coefficient (Wildman–Crippen LogP) is 3.31. The summed E-state index contributed by atoms with van der Waals surface area (Å²) in [4.78, 5) is 19.8. The van der Waals surface area contributed by atoms with Crippen LogP contribution in [-0.4, -0.2) is 22.0 Å². The van der Waals surface area contributed by atoms with Crippen molar-refractivity contribution in [3.05, 3.63) is 47.1 Å². The molecule has 2 rings (SSSR count). The van der Waals surface area contributed by atoms with Gasteiger partial charge in [-0.05, 0) is 32.0 Å². The van der Waals surface area contributed by atoms with Crippen molar-refractivity contribution >= 4 is 23.2 Å². The van der Waals surface area contributed by atoms with E-state index >= 15 is 0 Å². The van der Waals surface area contributed by atoms with E-state index in [1.807, 2.05) is 13.8 Å². The van der Waals surface area contributed by atoms with Crippen molar-refractivity contribution in [2.75, 3.05) is 5.32 Å². The van der Waals surface area contributed by atoms with E-state index in [-0.39, 0.29) is 22.7 Å². The second kappa shape index (κ2) is 6.49. The van der Waals surface area contributed by atoms with Crippen LogP contribution in [0.25, 0.3) is 0 Å². The minimum absolute atomic E-state index is 0.0592. The number of hydrogen-bond acceptors (Lipinski definition) is 4. The molecule has 1 amide bonds. The summed E-state index contributed by atoms with van der Waals surface area (Å²) >= 11 is 5.80. The standard InChI is InChI=1S/C14H13ClFN3O2/c1-8(2)21-14-11(4-3-5-17-14)19-13(20)10-6-9(16)7-18-12(10)15/h3-8H,1-2H3,(H,19,20). The molecule has 0 radical (unpaired) electrons. The predicted molar refractivity (Wildman–Crippen MR) is 77.2 cm³/mol. The maximum absolute atomic E-state index is 13.2. The van der Waals surface area contributed by atoms with Crippen LogP contribution in [0.1, 0.15) is 24.2 Å². The molecule has 5 nitrogen and oxygen atoms in total. The molecule has 0 saturated carbocycles. The molecule has 21 heavy (non-hydrogen) atoms. The fraction of sp³-hybridized carbons (Fsp3) is 0.214. The van der Waals surface area contributed by atoms with Gasteiger partial charge >= 0.3 is 0 Å². The molecule has 0 spiro atoms. The molecule has 0 aliphatic carbocycles. The molecule has 0 aliphatic rings. The smallest absolute Gasteiger partial charge is 0.259 e. The maximum Gasteiger partial charge on any atom is 0.259 e. The quantitative estimate of drug-likeness (QED) is 0.880. The van der Waals surface area contributed by atoms with Gasteiger partial charge in [0.2, 0.25) is 5.88 Å². The minimum atomic E-state index is -0.644. The molecule has 0 atom stereocenters. The van der Waals surface area contributed by atoms with Gasteiger partial charge in [0.15, 0.2) is 0 Å². The summed E-state index contributed by atoms with van der Waals surface area (Å²) in [7, 11) is 0. The number of nitrogens with zero attached hydrogens (tertiary/aromatic N) is 2. The van der Waals surface area contributed by atoms with Gasteiger partial charge in [0.25, 0.3) is 5.91 Å². The topological polar surface area (TPSA) is 64.1 Å². The molecule has 0 aliphatic heterocycles. The van der Waals surface area contributed by atoms with Gasteiger partial charge in [-0.15, -0.1) is 0 Å². The summed E-state index contributed by atoms with van der Waals surface area (Å²) < 4.78 is 18.6. The fourth-order valence-corrected chi connectivity index (χ4v) is 1.76. The van der Waals surface area contributed by atoms with Crippen LogP contribution in [0.15, 0.2) is 30.6 Å². The van der Waals surface area contributed by atoms with E-state index in [0.717, 1.165) is 12.3 Å². The molecule has 0 fully saturated rings. The summed E-state index contributed by atoms with van der Waals surface area (Å²) in [5.74, 6) is -0.954. The number of anilines is 1. The van der Waals surface area contributed by atoms with Crippen LogP contribution in [-0.2, 0) is 0 Å². The van der Waals surface area contributed by atoms with Crippen molar-refractivity contribution in [3.63, 3.8) is 0 Å². The monoisotopic (exact) mass is 309 g/mol. The Morgan fingerprint density at radius 1 is 1.43 bits per heavy atom. The number of hydrogen-bond donors (Lipinski definition) is 1. The van der Waals surface area contributed by atoms with E-state index in [2.05, 4.69) is 15.3 Å². The number of amides is 1. The highest BCUT2D eigenvalue weighted by Crippen LogP contribution is 2.23. The molecule has 0 aromatic carbocycles. The van der Waals surface area contributed by atoms with Gasteiger partial charge in [0, 0.05) is 6.20 Å². The SMILES string of the molecule is CC(C)Oc1ncccc1NC(=O)c1cc(F)cnc1Cl. The molecule has 7 heteroatoms.